The van der Waals surface area contributed by atoms with Gasteiger partial charge in [-0.25, -0.2) is 9.97 Å². The molecule has 4 rings (SSSR count). The van der Waals surface area contributed by atoms with Crippen molar-refractivity contribution in [1.29, 1.82) is 0 Å². The molecule has 1 aromatic carbocycles. The summed E-state index contributed by atoms with van der Waals surface area (Å²) in [6.07, 6.45) is 6.91. The highest BCUT2D eigenvalue weighted by Gasteiger charge is 2.24. The third-order valence-corrected chi connectivity index (χ3v) is 6.83. The predicted octanol–water partition coefficient (Wildman–Crippen LogP) is 4.71. The van der Waals surface area contributed by atoms with Crippen LogP contribution in [0.25, 0.3) is 17.1 Å². The molecule has 0 bridgehead atoms. The first kappa shape index (κ1) is 25.2. The van der Waals surface area contributed by atoms with Gasteiger partial charge in [0.05, 0.1) is 33.7 Å². The van der Waals surface area contributed by atoms with Gasteiger partial charge in [-0.2, -0.15) is 0 Å². The Kier molecular flexibility index (Phi) is 7.89. The van der Waals surface area contributed by atoms with E-state index in [1.807, 2.05) is 35.8 Å². The zero-order chi connectivity index (χ0) is 25.7. The van der Waals surface area contributed by atoms with Gasteiger partial charge in [0.1, 0.15) is 23.0 Å². The van der Waals surface area contributed by atoms with Crippen LogP contribution in [0.5, 0.6) is 17.2 Å². The summed E-state index contributed by atoms with van der Waals surface area (Å²) in [6.45, 7) is 6.17. The van der Waals surface area contributed by atoms with Crippen molar-refractivity contribution in [2.45, 2.75) is 31.9 Å². The van der Waals surface area contributed by atoms with Crippen LogP contribution in [0.2, 0.25) is 0 Å². The summed E-state index contributed by atoms with van der Waals surface area (Å²) in [4.78, 5) is 13.2. The van der Waals surface area contributed by atoms with E-state index < -0.39 is 0 Å². The van der Waals surface area contributed by atoms with Gasteiger partial charge in [-0.3, -0.25) is 14.3 Å². The van der Waals surface area contributed by atoms with Gasteiger partial charge in [-0.1, -0.05) is 19.9 Å². The van der Waals surface area contributed by atoms with Gasteiger partial charge in [-0.15, -0.1) is 10.2 Å². The maximum Gasteiger partial charge on any atom is 0.239 e. The number of nitrogens with zero attached hydrogens (tertiary/aromatic N) is 6. The van der Waals surface area contributed by atoms with Gasteiger partial charge in [0.25, 0.3) is 0 Å². The van der Waals surface area contributed by atoms with Crippen LogP contribution in [-0.2, 0) is 0 Å². The van der Waals surface area contributed by atoms with Gasteiger partial charge in [0.15, 0.2) is 11.6 Å². The number of para-hydroxylation sites is 1. The standard InChI is InChI=1S/C25H29N7O3S/c1-15-10-18(12-26-11-15)24-29-30-25(32(24)22-20(34-5)8-7-9-21(22)35-6)31-36-17(3)16(2)23-27-13-19(33-4)14-28-23/h7-14,16-17H,1-6H3,(H,30,31). The van der Waals surface area contributed by atoms with E-state index in [0.717, 1.165) is 17.0 Å². The quantitative estimate of drug-likeness (QED) is 0.303. The molecule has 0 aliphatic rings. The molecule has 2 atom stereocenters. The molecule has 0 aliphatic carbocycles. The second-order valence-electron chi connectivity index (χ2n) is 8.14. The molecule has 0 radical (unpaired) electrons. The highest BCUT2D eigenvalue weighted by atomic mass is 32.2. The summed E-state index contributed by atoms with van der Waals surface area (Å²) in [5.74, 6) is 3.80. The van der Waals surface area contributed by atoms with Crippen LogP contribution in [0.15, 0.2) is 49.1 Å². The largest absolute Gasteiger partial charge is 0.494 e. The van der Waals surface area contributed by atoms with E-state index in [1.54, 1.807) is 46.1 Å². The molecule has 36 heavy (non-hydrogen) atoms. The third kappa shape index (κ3) is 5.20. The fourth-order valence-corrected chi connectivity index (χ4v) is 4.35. The van der Waals surface area contributed by atoms with Crippen LogP contribution >= 0.6 is 11.9 Å². The maximum absolute atomic E-state index is 5.69. The molecule has 4 aromatic rings. The minimum atomic E-state index is 0.0611. The highest BCUT2D eigenvalue weighted by Crippen LogP contribution is 2.38. The smallest absolute Gasteiger partial charge is 0.239 e. The minimum absolute atomic E-state index is 0.0611. The number of ether oxygens (including phenoxy) is 3. The first-order valence-corrected chi connectivity index (χ1v) is 12.2. The lowest BCUT2D eigenvalue weighted by atomic mass is 10.1. The fraction of sp³-hybridized carbons (Fsp3) is 0.320. The molecule has 3 heterocycles. The maximum atomic E-state index is 5.69. The number of methoxy groups -OCH3 is 3. The Balaban J connectivity index is 1.70. The van der Waals surface area contributed by atoms with Crippen LogP contribution in [0.1, 0.15) is 31.2 Å². The van der Waals surface area contributed by atoms with Crippen LogP contribution in [0.4, 0.5) is 5.95 Å². The fourth-order valence-electron chi connectivity index (χ4n) is 3.60. The van der Waals surface area contributed by atoms with Crippen molar-refractivity contribution < 1.29 is 14.2 Å². The zero-order valence-electron chi connectivity index (χ0n) is 21.1. The summed E-state index contributed by atoms with van der Waals surface area (Å²) >= 11 is 1.51. The Morgan fingerprint density at radius 3 is 2.22 bits per heavy atom. The highest BCUT2D eigenvalue weighted by molar-refractivity contribution is 8.01. The second kappa shape index (κ2) is 11.3. The summed E-state index contributed by atoms with van der Waals surface area (Å²) in [7, 11) is 4.84. The van der Waals surface area contributed by atoms with E-state index in [9.17, 15) is 0 Å². The molecule has 3 aromatic heterocycles. The van der Waals surface area contributed by atoms with E-state index in [0.29, 0.717) is 34.7 Å². The Hall–Kier alpha value is -3.86. The molecule has 11 heteroatoms. The van der Waals surface area contributed by atoms with Crippen molar-refractivity contribution in [2.24, 2.45) is 0 Å². The van der Waals surface area contributed by atoms with Crippen LogP contribution < -0.4 is 18.9 Å². The lowest BCUT2D eigenvalue weighted by Gasteiger charge is -2.20. The van der Waals surface area contributed by atoms with Gasteiger partial charge in [0.2, 0.25) is 5.95 Å². The summed E-state index contributed by atoms with van der Waals surface area (Å²) in [5.41, 5.74) is 2.52. The average Bonchev–Trinajstić information content (AvgIpc) is 3.34. The third-order valence-electron chi connectivity index (χ3n) is 5.75. The Labute approximate surface area is 214 Å². The van der Waals surface area contributed by atoms with Gasteiger partial charge in [0, 0.05) is 29.1 Å². The van der Waals surface area contributed by atoms with Gasteiger partial charge >= 0.3 is 0 Å². The molecule has 0 saturated heterocycles. The molecular weight excluding hydrogens is 478 g/mol. The number of nitrogens with one attached hydrogen (secondary N) is 1. The Bertz CT molecular complexity index is 1290. The van der Waals surface area contributed by atoms with Crippen LogP contribution in [0, 0.1) is 6.92 Å². The first-order chi connectivity index (χ1) is 17.5. The predicted molar refractivity (Wildman–Crippen MR) is 140 cm³/mol. The summed E-state index contributed by atoms with van der Waals surface area (Å²) in [6, 6.07) is 7.63. The SMILES string of the molecule is COc1cnc(C(C)C(C)SNc2nnc(-c3cncc(C)c3)n2-c2c(OC)cccc2OC)nc1. The second-order valence-corrected chi connectivity index (χ2v) is 9.32. The van der Waals surface area contributed by atoms with E-state index in [1.165, 1.54) is 11.9 Å². The Morgan fingerprint density at radius 2 is 1.61 bits per heavy atom. The number of pyridine rings is 1. The molecular formula is C25H29N7O3S. The van der Waals surface area contributed by atoms with E-state index >= 15 is 0 Å². The van der Waals surface area contributed by atoms with Crippen molar-refractivity contribution in [1.82, 2.24) is 29.7 Å². The number of aryl methyl sites for hydroxylation is 1. The molecule has 0 amide bonds. The van der Waals surface area contributed by atoms with Crippen molar-refractivity contribution in [3.63, 3.8) is 0 Å². The number of hydrogen-bond donors (Lipinski definition) is 1. The molecule has 0 spiro atoms. The number of rotatable bonds is 10. The number of anilines is 1. The monoisotopic (exact) mass is 507 g/mol. The average molecular weight is 508 g/mol. The normalized spacial score (nSPS) is 12.6. The lowest BCUT2D eigenvalue weighted by molar-refractivity contribution is 0.391. The van der Waals surface area contributed by atoms with Crippen molar-refractivity contribution in [3.8, 4) is 34.3 Å². The molecule has 0 fully saturated rings. The van der Waals surface area contributed by atoms with Crippen molar-refractivity contribution >= 4 is 17.9 Å². The van der Waals surface area contributed by atoms with Crippen molar-refractivity contribution in [2.75, 3.05) is 26.1 Å². The van der Waals surface area contributed by atoms with Crippen LogP contribution in [-0.4, -0.2) is 56.3 Å². The van der Waals surface area contributed by atoms with Gasteiger partial charge < -0.3 is 14.2 Å². The number of aromatic nitrogens is 6. The Morgan fingerprint density at radius 1 is 0.917 bits per heavy atom. The van der Waals surface area contributed by atoms with Crippen molar-refractivity contribution in [3.05, 3.63) is 60.4 Å². The molecule has 0 aliphatic heterocycles. The van der Waals surface area contributed by atoms with Gasteiger partial charge in [-0.05, 0) is 42.6 Å². The molecule has 2 unspecified atom stereocenters. The van der Waals surface area contributed by atoms with E-state index in [4.69, 9.17) is 14.2 Å². The van der Waals surface area contributed by atoms with Crippen LogP contribution in [0.3, 0.4) is 0 Å². The topological polar surface area (TPSA) is 109 Å². The molecule has 188 valence electrons. The van der Waals surface area contributed by atoms with E-state index in [-0.39, 0.29) is 11.2 Å². The number of benzene rings is 1. The molecule has 1 N–H and O–H groups in total. The number of hydrogen-bond acceptors (Lipinski definition) is 10. The lowest BCUT2D eigenvalue weighted by Crippen LogP contribution is -2.15. The first-order valence-electron chi connectivity index (χ1n) is 11.3. The molecule has 10 nitrogen and oxygen atoms in total. The molecule has 0 saturated carbocycles. The minimum Gasteiger partial charge on any atom is -0.494 e. The summed E-state index contributed by atoms with van der Waals surface area (Å²) in [5, 5.41) is 9.08. The summed E-state index contributed by atoms with van der Waals surface area (Å²) < 4.78 is 21.8. The van der Waals surface area contributed by atoms with E-state index in [2.05, 4.69) is 43.7 Å². The zero-order valence-corrected chi connectivity index (χ0v) is 21.9.